The molecule has 0 fully saturated rings. The minimum absolute atomic E-state index is 0.802. The van der Waals surface area contributed by atoms with Crippen molar-refractivity contribution in [3.05, 3.63) is 29.8 Å². The number of nitrogens with one attached hydrogen (secondary N) is 1. The van der Waals surface area contributed by atoms with Crippen LogP contribution in [0.4, 0.5) is 0 Å². The summed E-state index contributed by atoms with van der Waals surface area (Å²) in [6, 6.07) is 8.39. The molecule has 0 aliphatic rings. The first-order valence-electron chi connectivity index (χ1n) is 5.79. The number of hydrogen-bond acceptors (Lipinski definition) is 2. The Morgan fingerprint density at radius 1 is 1.13 bits per heavy atom. The first-order valence-corrected chi connectivity index (χ1v) is 5.79. The minimum Gasteiger partial charge on any atom is -0.494 e. The topological polar surface area (TPSA) is 21.3 Å². The molecule has 0 aromatic heterocycles. The lowest BCUT2D eigenvalue weighted by atomic mass is 10.1. The first-order chi connectivity index (χ1) is 7.36. The molecule has 1 N–H and O–H groups in total. The summed E-state index contributed by atoms with van der Waals surface area (Å²) in [5.74, 6) is 0.976. The van der Waals surface area contributed by atoms with Crippen LogP contribution in [-0.2, 0) is 6.42 Å². The molecule has 2 heteroatoms. The van der Waals surface area contributed by atoms with Gasteiger partial charge in [-0.3, -0.25) is 0 Å². The maximum Gasteiger partial charge on any atom is 0.119 e. The zero-order valence-corrected chi connectivity index (χ0v) is 9.75. The molecule has 0 heterocycles. The third-order valence-electron chi connectivity index (χ3n) is 2.24. The average Bonchev–Trinajstić information content (AvgIpc) is 2.28. The van der Waals surface area contributed by atoms with E-state index in [0.29, 0.717) is 0 Å². The van der Waals surface area contributed by atoms with E-state index in [1.807, 2.05) is 0 Å². The Balaban J connectivity index is 2.35. The molecule has 0 atom stereocenters. The van der Waals surface area contributed by atoms with Gasteiger partial charge in [-0.2, -0.15) is 0 Å². The van der Waals surface area contributed by atoms with Gasteiger partial charge in [-0.05, 0) is 43.6 Å². The molecule has 0 amide bonds. The van der Waals surface area contributed by atoms with Crippen LogP contribution in [0.15, 0.2) is 24.3 Å². The van der Waals surface area contributed by atoms with Crippen molar-refractivity contribution in [3.63, 3.8) is 0 Å². The summed E-state index contributed by atoms with van der Waals surface area (Å²) in [6.45, 7) is 7.13. The molecule has 0 bridgehead atoms. The maximum absolute atomic E-state index is 5.52. The van der Waals surface area contributed by atoms with E-state index in [0.717, 1.165) is 38.3 Å². The van der Waals surface area contributed by atoms with E-state index < -0.39 is 0 Å². The first kappa shape index (κ1) is 12.1. The molecule has 2 nitrogen and oxygen atoms in total. The molecule has 1 aromatic carbocycles. The van der Waals surface area contributed by atoms with Crippen molar-refractivity contribution in [3.8, 4) is 5.75 Å². The predicted octanol–water partition coefficient (Wildman–Crippen LogP) is 2.63. The van der Waals surface area contributed by atoms with Gasteiger partial charge in [0.05, 0.1) is 6.61 Å². The number of likely N-dealkylation sites (N-methyl/N-ethyl adjacent to an activating group) is 1. The van der Waals surface area contributed by atoms with Gasteiger partial charge >= 0.3 is 0 Å². The highest BCUT2D eigenvalue weighted by atomic mass is 16.5. The average molecular weight is 207 g/mol. The summed E-state index contributed by atoms with van der Waals surface area (Å²) in [5.41, 5.74) is 1.36. The Morgan fingerprint density at radius 2 is 1.87 bits per heavy atom. The largest absolute Gasteiger partial charge is 0.494 e. The van der Waals surface area contributed by atoms with E-state index in [1.165, 1.54) is 5.56 Å². The molecule has 0 saturated carbocycles. The Kier molecular flexibility index (Phi) is 5.86. The normalized spacial score (nSPS) is 10.3. The summed E-state index contributed by atoms with van der Waals surface area (Å²) in [6.07, 6.45) is 2.14. The van der Waals surface area contributed by atoms with Crippen molar-refractivity contribution >= 4 is 0 Å². The molecule has 0 saturated heterocycles. The van der Waals surface area contributed by atoms with Crippen LogP contribution < -0.4 is 10.1 Å². The van der Waals surface area contributed by atoms with Crippen LogP contribution in [0.3, 0.4) is 0 Å². The number of ether oxygens (including phenoxy) is 1. The van der Waals surface area contributed by atoms with Gasteiger partial charge in [0.1, 0.15) is 5.75 Å². The number of hydrogen-bond donors (Lipinski definition) is 1. The molecule has 0 unspecified atom stereocenters. The van der Waals surface area contributed by atoms with Gasteiger partial charge in [0.2, 0.25) is 0 Å². The second-order valence-corrected chi connectivity index (χ2v) is 3.60. The molecule has 1 aromatic rings. The van der Waals surface area contributed by atoms with E-state index in [4.69, 9.17) is 4.74 Å². The summed E-state index contributed by atoms with van der Waals surface area (Å²) in [5, 5.41) is 3.31. The quantitative estimate of drug-likeness (QED) is 0.694. The van der Waals surface area contributed by atoms with E-state index in [2.05, 4.69) is 43.4 Å². The van der Waals surface area contributed by atoms with Gasteiger partial charge in [-0.15, -0.1) is 0 Å². The lowest BCUT2D eigenvalue weighted by molar-refractivity contribution is 0.317. The molecule has 0 radical (unpaired) electrons. The van der Waals surface area contributed by atoms with Crippen molar-refractivity contribution in [2.45, 2.75) is 26.7 Å². The van der Waals surface area contributed by atoms with Crippen LogP contribution in [0.25, 0.3) is 0 Å². The minimum atomic E-state index is 0.802. The van der Waals surface area contributed by atoms with Crippen LogP contribution in [0.1, 0.15) is 25.8 Å². The molecule has 0 aliphatic heterocycles. The Hall–Kier alpha value is -1.02. The van der Waals surface area contributed by atoms with Gasteiger partial charge in [-0.1, -0.05) is 26.0 Å². The van der Waals surface area contributed by atoms with Crippen LogP contribution in [0.2, 0.25) is 0 Å². The Bertz CT molecular complexity index is 256. The lowest BCUT2D eigenvalue weighted by Gasteiger charge is -2.06. The molecule has 1 rings (SSSR count). The van der Waals surface area contributed by atoms with Crippen molar-refractivity contribution in [1.29, 1.82) is 0 Å². The fraction of sp³-hybridized carbons (Fsp3) is 0.538. The Morgan fingerprint density at radius 3 is 2.47 bits per heavy atom. The predicted molar refractivity (Wildman–Crippen MR) is 64.5 cm³/mol. The SMILES string of the molecule is CCCOc1ccc(CCNCC)cc1. The van der Waals surface area contributed by atoms with Crippen molar-refractivity contribution in [2.75, 3.05) is 19.7 Å². The van der Waals surface area contributed by atoms with Crippen LogP contribution in [-0.4, -0.2) is 19.7 Å². The van der Waals surface area contributed by atoms with Crippen LogP contribution >= 0.6 is 0 Å². The zero-order valence-electron chi connectivity index (χ0n) is 9.75. The summed E-state index contributed by atoms with van der Waals surface area (Å²) in [4.78, 5) is 0. The highest BCUT2D eigenvalue weighted by Gasteiger charge is 1.94. The second-order valence-electron chi connectivity index (χ2n) is 3.60. The maximum atomic E-state index is 5.52. The molecular weight excluding hydrogens is 186 g/mol. The van der Waals surface area contributed by atoms with E-state index in [1.54, 1.807) is 0 Å². The standard InChI is InChI=1S/C13H21NO/c1-3-11-15-13-7-5-12(6-8-13)9-10-14-4-2/h5-8,14H,3-4,9-11H2,1-2H3. The molecule has 0 aliphatic carbocycles. The molecule has 84 valence electrons. The third kappa shape index (κ3) is 4.84. The summed E-state index contributed by atoms with van der Waals surface area (Å²) < 4.78 is 5.52. The van der Waals surface area contributed by atoms with Crippen LogP contribution in [0.5, 0.6) is 5.75 Å². The number of rotatable bonds is 7. The van der Waals surface area contributed by atoms with Crippen molar-refractivity contribution < 1.29 is 4.74 Å². The van der Waals surface area contributed by atoms with E-state index in [-0.39, 0.29) is 0 Å². The van der Waals surface area contributed by atoms with E-state index in [9.17, 15) is 0 Å². The third-order valence-corrected chi connectivity index (χ3v) is 2.24. The summed E-state index contributed by atoms with van der Waals surface area (Å²) in [7, 11) is 0. The van der Waals surface area contributed by atoms with Gasteiger partial charge in [0.15, 0.2) is 0 Å². The van der Waals surface area contributed by atoms with Crippen molar-refractivity contribution in [2.24, 2.45) is 0 Å². The van der Waals surface area contributed by atoms with Gasteiger partial charge in [0.25, 0.3) is 0 Å². The molecule has 0 spiro atoms. The molecular formula is C13H21NO. The number of benzene rings is 1. The Labute approximate surface area is 92.6 Å². The fourth-order valence-electron chi connectivity index (χ4n) is 1.38. The van der Waals surface area contributed by atoms with Gasteiger partial charge in [-0.25, -0.2) is 0 Å². The highest BCUT2D eigenvalue weighted by Crippen LogP contribution is 2.12. The smallest absolute Gasteiger partial charge is 0.119 e. The van der Waals surface area contributed by atoms with Crippen molar-refractivity contribution in [1.82, 2.24) is 5.32 Å². The van der Waals surface area contributed by atoms with Gasteiger partial charge < -0.3 is 10.1 Å². The fourth-order valence-corrected chi connectivity index (χ4v) is 1.38. The molecule has 15 heavy (non-hydrogen) atoms. The summed E-state index contributed by atoms with van der Waals surface area (Å²) >= 11 is 0. The zero-order chi connectivity index (χ0) is 10.9. The second kappa shape index (κ2) is 7.30. The monoisotopic (exact) mass is 207 g/mol. The highest BCUT2D eigenvalue weighted by molar-refractivity contribution is 5.27. The van der Waals surface area contributed by atoms with Gasteiger partial charge in [0, 0.05) is 0 Å². The van der Waals surface area contributed by atoms with E-state index >= 15 is 0 Å². The lowest BCUT2D eigenvalue weighted by Crippen LogP contribution is -2.15. The van der Waals surface area contributed by atoms with Crippen LogP contribution in [0, 0.1) is 0 Å².